The highest BCUT2D eigenvalue weighted by Crippen LogP contribution is 2.26. The summed E-state index contributed by atoms with van der Waals surface area (Å²) in [6.45, 7) is 2.37. The number of aliphatic hydroxyl groups excluding tert-OH is 1. The van der Waals surface area contributed by atoms with Crippen molar-refractivity contribution in [1.82, 2.24) is 5.32 Å². The Morgan fingerprint density at radius 3 is 2.33 bits per heavy atom. The third-order valence-corrected chi connectivity index (χ3v) is 4.10. The third-order valence-electron chi connectivity index (χ3n) is 4.10. The standard InChI is InChI=1S/C13H25NO/c1-10-3-2-4-12(9-10)14-11-5-7-13(15)8-6-11/h10-15H,2-9H2,1H3/t10-,11?,12-,13?/m1/s1. The molecule has 2 nitrogen and oxygen atoms in total. The highest BCUT2D eigenvalue weighted by molar-refractivity contribution is 4.83. The zero-order valence-electron chi connectivity index (χ0n) is 9.91. The Bertz CT molecular complexity index is 187. The van der Waals surface area contributed by atoms with Gasteiger partial charge in [-0.3, -0.25) is 0 Å². The third kappa shape index (κ3) is 3.46. The smallest absolute Gasteiger partial charge is 0.0541 e. The molecule has 2 N–H and O–H groups in total. The maximum atomic E-state index is 9.45. The molecule has 0 aromatic heterocycles. The van der Waals surface area contributed by atoms with Gasteiger partial charge in [0.1, 0.15) is 0 Å². The molecule has 0 aromatic rings. The number of hydrogen-bond donors (Lipinski definition) is 2. The molecule has 0 saturated heterocycles. The topological polar surface area (TPSA) is 32.3 Å². The van der Waals surface area contributed by atoms with Crippen molar-refractivity contribution >= 4 is 0 Å². The van der Waals surface area contributed by atoms with E-state index in [1.54, 1.807) is 0 Å². The predicted molar refractivity (Wildman–Crippen MR) is 62.8 cm³/mol. The van der Waals surface area contributed by atoms with Crippen LogP contribution in [0.15, 0.2) is 0 Å². The van der Waals surface area contributed by atoms with Gasteiger partial charge in [-0.15, -0.1) is 0 Å². The lowest BCUT2D eigenvalue weighted by Crippen LogP contribution is -2.43. The van der Waals surface area contributed by atoms with E-state index in [4.69, 9.17) is 0 Å². The summed E-state index contributed by atoms with van der Waals surface area (Å²) in [5.74, 6) is 0.908. The summed E-state index contributed by atoms with van der Waals surface area (Å²) >= 11 is 0. The lowest BCUT2D eigenvalue weighted by atomic mass is 9.85. The van der Waals surface area contributed by atoms with Crippen molar-refractivity contribution in [2.75, 3.05) is 0 Å². The van der Waals surface area contributed by atoms with E-state index in [9.17, 15) is 5.11 Å². The SMILES string of the molecule is C[C@@H]1CCC[C@@H](NC2CCC(O)CC2)C1. The van der Waals surface area contributed by atoms with Crippen molar-refractivity contribution in [3.8, 4) is 0 Å². The maximum absolute atomic E-state index is 9.45. The average molecular weight is 211 g/mol. The van der Waals surface area contributed by atoms with Crippen LogP contribution < -0.4 is 5.32 Å². The van der Waals surface area contributed by atoms with Gasteiger partial charge in [0, 0.05) is 12.1 Å². The monoisotopic (exact) mass is 211 g/mol. The number of rotatable bonds is 2. The zero-order valence-corrected chi connectivity index (χ0v) is 9.91. The van der Waals surface area contributed by atoms with Gasteiger partial charge in [0.15, 0.2) is 0 Å². The molecule has 0 unspecified atom stereocenters. The Balaban J connectivity index is 1.71. The van der Waals surface area contributed by atoms with E-state index in [0.717, 1.165) is 24.8 Å². The second kappa shape index (κ2) is 5.31. The van der Waals surface area contributed by atoms with Gasteiger partial charge < -0.3 is 10.4 Å². The second-order valence-electron chi connectivity index (χ2n) is 5.64. The molecule has 0 heterocycles. The van der Waals surface area contributed by atoms with Crippen LogP contribution in [0.4, 0.5) is 0 Å². The van der Waals surface area contributed by atoms with Crippen molar-refractivity contribution < 1.29 is 5.11 Å². The Morgan fingerprint density at radius 1 is 0.933 bits per heavy atom. The highest BCUT2D eigenvalue weighted by atomic mass is 16.3. The fourth-order valence-corrected chi connectivity index (χ4v) is 3.16. The van der Waals surface area contributed by atoms with E-state index in [2.05, 4.69) is 12.2 Å². The minimum atomic E-state index is -0.0201. The molecule has 88 valence electrons. The van der Waals surface area contributed by atoms with Crippen molar-refractivity contribution in [3.63, 3.8) is 0 Å². The van der Waals surface area contributed by atoms with Crippen molar-refractivity contribution in [2.45, 2.75) is 76.5 Å². The molecule has 2 aliphatic carbocycles. The van der Waals surface area contributed by atoms with Crippen LogP contribution in [0.3, 0.4) is 0 Å². The normalized spacial score (nSPS) is 42.8. The average Bonchev–Trinajstić information content (AvgIpc) is 2.22. The van der Waals surface area contributed by atoms with Crippen LogP contribution in [-0.4, -0.2) is 23.3 Å². The van der Waals surface area contributed by atoms with Crippen LogP contribution in [0.1, 0.15) is 58.3 Å². The fraction of sp³-hybridized carbons (Fsp3) is 1.00. The van der Waals surface area contributed by atoms with Crippen LogP contribution in [0, 0.1) is 5.92 Å². The minimum absolute atomic E-state index is 0.0201. The summed E-state index contributed by atoms with van der Waals surface area (Å²) in [7, 11) is 0. The van der Waals surface area contributed by atoms with E-state index in [0.29, 0.717) is 6.04 Å². The summed E-state index contributed by atoms with van der Waals surface area (Å²) in [5.41, 5.74) is 0. The molecule has 0 radical (unpaired) electrons. The van der Waals surface area contributed by atoms with E-state index >= 15 is 0 Å². The van der Waals surface area contributed by atoms with Gasteiger partial charge >= 0.3 is 0 Å². The number of hydrogen-bond acceptors (Lipinski definition) is 2. The van der Waals surface area contributed by atoms with Gasteiger partial charge in [-0.2, -0.15) is 0 Å². The van der Waals surface area contributed by atoms with Gasteiger partial charge in [0.25, 0.3) is 0 Å². The van der Waals surface area contributed by atoms with Crippen molar-refractivity contribution in [1.29, 1.82) is 0 Å². The first-order valence-corrected chi connectivity index (χ1v) is 6.68. The van der Waals surface area contributed by atoms with E-state index < -0.39 is 0 Å². The molecule has 15 heavy (non-hydrogen) atoms. The Kier molecular flexibility index (Phi) is 4.04. The van der Waals surface area contributed by atoms with Crippen molar-refractivity contribution in [2.24, 2.45) is 5.92 Å². The molecule has 0 aliphatic heterocycles. The molecule has 0 spiro atoms. The van der Waals surface area contributed by atoms with E-state index in [1.807, 2.05) is 0 Å². The summed E-state index contributed by atoms with van der Waals surface area (Å²) in [6, 6.07) is 1.44. The van der Waals surface area contributed by atoms with Crippen LogP contribution in [0.25, 0.3) is 0 Å². The molecule has 0 amide bonds. The predicted octanol–water partition coefficient (Wildman–Crippen LogP) is 2.46. The Morgan fingerprint density at radius 2 is 1.67 bits per heavy atom. The zero-order chi connectivity index (χ0) is 10.7. The van der Waals surface area contributed by atoms with Crippen LogP contribution >= 0.6 is 0 Å². The molecular weight excluding hydrogens is 186 g/mol. The fourth-order valence-electron chi connectivity index (χ4n) is 3.16. The van der Waals surface area contributed by atoms with E-state index in [1.165, 1.54) is 38.5 Å². The summed E-state index contributed by atoms with van der Waals surface area (Å²) in [5, 5.41) is 13.2. The van der Waals surface area contributed by atoms with Crippen molar-refractivity contribution in [3.05, 3.63) is 0 Å². The van der Waals surface area contributed by atoms with Gasteiger partial charge in [-0.05, 0) is 44.4 Å². The number of aliphatic hydroxyl groups is 1. The molecule has 0 aromatic carbocycles. The lowest BCUT2D eigenvalue weighted by molar-refractivity contribution is 0.111. The molecule has 2 fully saturated rings. The van der Waals surface area contributed by atoms with E-state index in [-0.39, 0.29) is 6.10 Å². The van der Waals surface area contributed by atoms with Crippen LogP contribution in [-0.2, 0) is 0 Å². The Labute approximate surface area is 93.5 Å². The molecule has 2 aliphatic rings. The minimum Gasteiger partial charge on any atom is -0.393 e. The molecular formula is C13H25NO. The molecule has 2 atom stereocenters. The van der Waals surface area contributed by atoms with Gasteiger partial charge in [-0.25, -0.2) is 0 Å². The largest absolute Gasteiger partial charge is 0.393 e. The summed E-state index contributed by atoms with van der Waals surface area (Å²) in [6.07, 6.45) is 9.87. The van der Waals surface area contributed by atoms with Gasteiger partial charge in [0.2, 0.25) is 0 Å². The summed E-state index contributed by atoms with van der Waals surface area (Å²) < 4.78 is 0. The molecule has 2 heteroatoms. The second-order valence-corrected chi connectivity index (χ2v) is 5.64. The molecule has 2 rings (SSSR count). The lowest BCUT2D eigenvalue weighted by Gasteiger charge is -2.34. The molecule has 2 saturated carbocycles. The summed E-state index contributed by atoms with van der Waals surface area (Å²) in [4.78, 5) is 0. The van der Waals surface area contributed by atoms with Gasteiger partial charge in [-0.1, -0.05) is 19.8 Å². The number of nitrogens with one attached hydrogen (secondary N) is 1. The van der Waals surface area contributed by atoms with Crippen LogP contribution in [0.5, 0.6) is 0 Å². The quantitative estimate of drug-likeness (QED) is 0.735. The molecule has 0 bridgehead atoms. The van der Waals surface area contributed by atoms with Gasteiger partial charge in [0.05, 0.1) is 6.10 Å². The first kappa shape index (κ1) is 11.4. The van der Waals surface area contributed by atoms with Crippen LogP contribution in [0.2, 0.25) is 0 Å². The first-order valence-electron chi connectivity index (χ1n) is 6.68. The maximum Gasteiger partial charge on any atom is 0.0541 e. The first-order chi connectivity index (χ1) is 7.24. The highest BCUT2D eigenvalue weighted by Gasteiger charge is 2.24. The Hall–Kier alpha value is -0.0800.